The highest BCUT2D eigenvalue weighted by Gasteiger charge is 2.52. The Morgan fingerprint density at radius 2 is 1.49 bits per heavy atom. The number of Topliss-reactive ketones (excluding diaryl/α,β-unsaturated/α-hetero) is 1. The standard InChI is InChI=1S/C27H28Cl2F5N3O4/c1-15(2)22(23(39)27(33,34)25(41)35-14-26(30,31)32)37-24(40)20(13-16-6-4-3-5-7-16)36-21(38)11-9-17-8-10-18(28)19(29)12-17/h3-8,10,12,15,20,22H,9,11,13-14H2,1-2H3,(H,35,41)(H,36,38)(H,37,40)/t20-,22-/m0/s1. The number of alkyl halides is 5. The topological polar surface area (TPSA) is 104 Å². The minimum atomic E-state index is -4.98. The average molecular weight is 624 g/mol. The first-order chi connectivity index (χ1) is 19.0. The van der Waals surface area contributed by atoms with Crippen LogP contribution >= 0.6 is 23.2 Å². The summed E-state index contributed by atoms with van der Waals surface area (Å²) in [5.41, 5.74) is 1.29. The molecule has 0 aromatic heterocycles. The first-order valence-electron chi connectivity index (χ1n) is 12.4. The highest BCUT2D eigenvalue weighted by atomic mass is 35.5. The zero-order valence-electron chi connectivity index (χ0n) is 22.0. The van der Waals surface area contributed by atoms with E-state index >= 15 is 0 Å². The largest absolute Gasteiger partial charge is 0.405 e. The van der Waals surface area contributed by atoms with Crippen molar-refractivity contribution < 1.29 is 41.1 Å². The lowest BCUT2D eigenvalue weighted by atomic mass is 9.94. The van der Waals surface area contributed by atoms with E-state index in [2.05, 4.69) is 10.6 Å². The smallest absolute Gasteiger partial charge is 0.344 e. The van der Waals surface area contributed by atoms with Crippen LogP contribution < -0.4 is 16.0 Å². The molecular formula is C27H28Cl2F5N3O4. The fraction of sp³-hybridized carbons (Fsp3) is 0.407. The zero-order chi connectivity index (χ0) is 31.0. The third-order valence-corrected chi connectivity index (χ3v) is 6.59. The molecule has 0 unspecified atom stereocenters. The molecule has 0 fully saturated rings. The molecule has 224 valence electrons. The second-order valence-electron chi connectivity index (χ2n) is 9.53. The number of halogens is 7. The molecule has 0 aliphatic rings. The van der Waals surface area contributed by atoms with E-state index in [1.54, 1.807) is 48.5 Å². The summed E-state index contributed by atoms with van der Waals surface area (Å²) < 4.78 is 66.2. The molecule has 0 aliphatic carbocycles. The van der Waals surface area contributed by atoms with E-state index in [0.717, 1.165) is 5.32 Å². The number of hydrogen-bond donors (Lipinski definition) is 3. The van der Waals surface area contributed by atoms with Gasteiger partial charge in [-0.2, -0.15) is 22.0 Å². The molecule has 41 heavy (non-hydrogen) atoms. The monoisotopic (exact) mass is 623 g/mol. The molecule has 0 spiro atoms. The second-order valence-corrected chi connectivity index (χ2v) is 10.3. The summed E-state index contributed by atoms with van der Waals surface area (Å²) in [6.45, 7) is 0.532. The summed E-state index contributed by atoms with van der Waals surface area (Å²) in [7, 11) is 0. The fourth-order valence-corrected chi connectivity index (χ4v) is 3.99. The van der Waals surface area contributed by atoms with E-state index in [4.69, 9.17) is 23.2 Å². The van der Waals surface area contributed by atoms with Crippen LogP contribution in [-0.2, 0) is 32.0 Å². The van der Waals surface area contributed by atoms with Gasteiger partial charge in [0.25, 0.3) is 5.91 Å². The predicted octanol–water partition coefficient (Wildman–Crippen LogP) is 4.68. The van der Waals surface area contributed by atoms with Crippen molar-refractivity contribution in [3.8, 4) is 0 Å². The van der Waals surface area contributed by atoms with Gasteiger partial charge in [-0.1, -0.05) is 73.4 Å². The highest BCUT2D eigenvalue weighted by molar-refractivity contribution is 6.42. The van der Waals surface area contributed by atoms with Gasteiger partial charge in [-0.3, -0.25) is 19.2 Å². The molecule has 7 nitrogen and oxygen atoms in total. The van der Waals surface area contributed by atoms with Crippen molar-refractivity contribution in [1.29, 1.82) is 0 Å². The molecule has 2 aromatic carbocycles. The maximum Gasteiger partial charge on any atom is 0.405 e. The van der Waals surface area contributed by atoms with Gasteiger partial charge in [-0.05, 0) is 35.6 Å². The highest BCUT2D eigenvalue weighted by Crippen LogP contribution is 2.24. The Labute approximate surface area is 243 Å². The number of amides is 3. The maximum atomic E-state index is 14.6. The van der Waals surface area contributed by atoms with E-state index in [-0.39, 0.29) is 19.3 Å². The quantitative estimate of drug-likeness (QED) is 0.223. The van der Waals surface area contributed by atoms with Gasteiger partial charge in [0.05, 0.1) is 16.1 Å². The first-order valence-corrected chi connectivity index (χ1v) is 13.1. The molecule has 0 bridgehead atoms. The van der Waals surface area contributed by atoms with Crippen molar-refractivity contribution in [3.63, 3.8) is 0 Å². The van der Waals surface area contributed by atoms with Crippen molar-refractivity contribution in [3.05, 3.63) is 69.7 Å². The predicted molar refractivity (Wildman–Crippen MR) is 143 cm³/mol. The summed E-state index contributed by atoms with van der Waals surface area (Å²) in [6, 6.07) is 9.92. The molecule has 2 aromatic rings. The van der Waals surface area contributed by atoms with Crippen LogP contribution in [0.2, 0.25) is 10.0 Å². The zero-order valence-corrected chi connectivity index (χ0v) is 23.5. The fourth-order valence-electron chi connectivity index (χ4n) is 3.67. The number of ketones is 1. The number of aryl methyl sites for hydroxylation is 1. The van der Waals surface area contributed by atoms with Gasteiger partial charge < -0.3 is 16.0 Å². The molecule has 3 N–H and O–H groups in total. The van der Waals surface area contributed by atoms with Crippen molar-refractivity contribution in [1.82, 2.24) is 16.0 Å². The Balaban J connectivity index is 2.19. The van der Waals surface area contributed by atoms with Crippen LogP contribution in [-0.4, -0.2) is 54.2 Å². The third kappa shape index (κ3) is 10.6. The van der Waals surface area contributed by atoms with Crippen LogP contribution in [0.4, 0.5) is 22.0 Å². The van der Waals surface area contributed by atoms with Crippen molar-refractivity contribution in [2.24, 2.45) is 5.92 Å². The van der Waals surface area contributed by atoms with Gasteiger partial charge in [0.1, 0.15) is 12.6 Å². The van der Waals surface area contributed by atoms with E-state index in [1.165, 1.54) is 13.8 Å². The Kier molecular flexibility index (Phi) is 12.1. The number of carbonyl (C=O) groups excluding carboxylic acids is 4. The molecule has 2 atom stereocenters. The van der Waals surface area contributed by atoms with Crippen LogP contribution in [0, 0.1) is 5.92 Å². The minimum Gasteiger partial charge on any atom is -0.344 e. The number of nitrogens with one attached hydrogen (secondary N) is 3. The number of carbonyl (C=O) groups is 4. The summed E-state index contributed by atoms with van der Waals surface area (Å²) in [5.74, 6) is -12.0. The lowest BCUT2D eigenvalue weighted by Crippen LogP contribution is -2.59. The van der Waals surface area contributed by atoms with Crippen LogP contribution in [0.1, 0.15) is 31.4 Å². The Morgan fingerprint density at radius 1 is 0.854 bits per heavy atom. The van der Waals surface area contributed by atoms with Gasteiger partial charge in [0.15, 0.2) is 0 Å². The lowest BCUT2D eigenvalue weighted by molar-refractivity contribution is -0.165. The second kappa shape index (κ2) is 14.6. The number of hydrogen-bond acceptors (Lipinski definition) is 4. The normalized spacial score (nSPS) is 13.3. The van der Waals surface area contributed by atoms with Crippen LogP contribution in [0.15, 0.2) is 48.5 Å². The SMILES string of the molecule is CC(C)[C@H](NC(=O)[C@H](Cc1ccccc1)NC(=O)CCc1ccc(Cl)c(Cl)c1)C(=O)C(F)(F)C(=O)NCC(F)(F)F. The molecule has 0 aliphatic heterocycles. The molecular weight excluding hydrogens is 596 g/mol. The Morgan fingerprint density at radius 3 is 2.05 bits per heavy atom. The average Bonchev–Trinajstić information content (AvgIpc) is 2.90. The summed E-state index contributed by atoms with van der Waals surface area (Å²) in [5, 5.41) is 6.28. The van der Waals surface area contributed by atoms with Crippen LogP contribution in [0.3, 0.4) is 0 Å². The Bertz CT molecular complexity index is 1240. The molecule has 0 saturated heterocycles. The molecule has 0 radical (unpaired) electrons. The minimum absolute atomic E-state index is 0.0767. The van der Waals surface area contributed by atoms with Crippen LogP contribution in [0.5, 0.6) is 0 Å². The summed E-state index contributed by atoms with van der Waals surface area (Å²) in [6.07, 6.45) is -4.91. The molecule has 2 rings (SSSR count). The van der Waals surface area contributed by atoms with Crippen molar-refractivity contribution in [2.45, 2.75) is 57.3 Å². The number of rotatable bonds is 13. The van der Waals surface area contributed by atoms with Crippen molar-refractivity contribution >= 4 is 46.7 Å². The van der Waals surface area contributed by atoms with E-state index in [0.29, 0.717) is 21.2 Å². The van der Waals surface area contributed by atoms with E-state index < -0.39 is 60.1 Å². The van der Waals surface area contributed by atoms with E-state index in [1.807, 2.05) is 0 Å². The summed E-state index contributed by atoms with van der Waals surface area (Å²) >= 11 is 11.9. The van der Waals surface area contributed by atoms with Crippen molar-refractivity contribution in [2.75, 3.05) is 6.54 Å². The van der Waals surface area contributed by atoms with E-state index in [9.17, 15) is 41.1 Å². The molecule has 14 heteroatoms. The van der Waals surface area contributed by atoms with Crippen LogP contribution in [0.25, 0.3) is 0 Å². The number of benzene rings is 2. The maximum absolute atomic E-state index is 14.6. The van der Waals surface area contributed by atoms with Gasteiger partial charge in [-0.25, -0.2) is 0 Å². The first kappa shape index (κ1) is 34.0. The third-order valence-electron chi connectivity index (χ3n) is 5.85. The summed E-state index contributed by atoms with van der Waals surface area (Å²) in [4.78, 5) is 50.3. The van der Waals surface area contributed by atoms with Gasteiger partial charge in [-0.15, -0.1) is 0 Å². The molecule has 0 saturated carbocycles. The van der Waals surface area contributed by atoms with Gasteiger partial charge >= 0.3 is 12.1 Å². The van der Waals surface area contributed by atoms with Gasteiger partial charge in [0.2, 0.25) is 17.6 Å². The molecule has 0 heterocycles. The lowest BCUT2D eigenvalue weighted by Gasteiger charge is -2.27. The van der Waals surface area contributed by atoms with Gasteiger partial charge in [0, 0.05) is 12.8 Å². The Hall–Kier alpha value is -3.25. The molecule has 3 amide bonds.